The van der Waals surface area contributed by atoms with Gasteiger partial charge in [0, 0.05) is 43.3 Å². The number of likely N-dealkylation sites (tertiary alicyclic amines) is 1. The maximum Gasteiger partial charge on any atom is 0.273 e. The SMILES string of the molecule is O=C(c1cscn1)N1CCC(c2nccn2CC2CC2)CC1. The molecule has 4 rings (SSSR count). The number of piperidine rings is 1. The molecule has 2 aromatic rings. The molecule has 1 aliphatic carbocycles. The van der Waals surface area contributed by atoms with Crippen LogP contribution in [0, 0.1) is 5.92 Å². The third-order valence-corrected chi connectivity index (χ3v) is 5.28. The maximum absolute atomic E-state index is 12.3. The molecule has 0 atom stereocenters. The molecular formula is C16H20N4OS. The standard InChI is InChI=1S/C16H20N4OS/c21-16(14-10-22-11-18-14)19-6-3-13(4-7-19)15-17-5-8-20(15)9-12-1-2-12/h5,8,10-13H,1-4,6-7,9H2. The van der Waals surface area contributed by atoms with Gasteiger partial charge in [0.25, 0.3) is 5.91 Å². The topological polar surface area (TPSA) is 51.0 Å². The van der Waals surface area contributed by atoms with Gasteiger partial charge in [0.05, 0.1) is 5.51 Å². The summed E-state index contributed by atoms with van der Waals surface area (Å²) in [6.45, 7) is 2.72. The molecule has 1 saturated carbocycles. The number of nitrogens with zero attached hydrogens (tertiary/aromatic N) is 4. The van der Waals surface area contributed by atoms with Gasteiger partial charge in [-0.05, 0) is 31.6 Å². The van der Waals surface area contributed by atoms with E-state index in [1.165, 1.54) is 30.0 Å². The fourth-order valence-electron chi connectivity index (χ4n) is 3.23. The Balaban J connectivity index is 1.39. The molecule has 22 heavy (non-hydrogen) atoms. The van der Waals surface area contributed by atoms with Crippen LogP contribution in [0.3, 0.4) is 0 Å². The van der Waals surface area contributed by atoms with Crippen LogP contribution >= 0.6 is 11.3 Å². The molecule has 0 radical (unpaired) electrons. The first-order chi connectivity index (χ1) is 10.8. The number of carbonyl (C=O) groups is 1. The molecule has 2 fully saturated rings. The second kappa shape index (κ2) is 5.83. The molecule has 2 aliphatic rings. The quantitative estimate of drug-likeness (QED) is 0.871. The highest BCUT2D eigenvalue weighted by molar-refractivity contribution is 7.07. The summed E-state index contributed by atoms with van der Waals surface area (Å²) in [6.07, 6.45) is 8.75. The van der Waals surface area contributed by atoms with E-state index in [1.54, 1.807) is 5.51 Å². The van der Waals surface area contributed by atoms with Crippen LogP contribution < -0.4 is 0 Å². The average Bonchev–Trinajstić information content (AvgIpc) is 3.04. The predicted octanol–water partition coefficient (Wildman–Crippen LogP) is 2.77. The van der Waals surface area contributed by atoms with Crippen LogP contribution in [-0.4, -0.2) is 38.4 Å². The Morgan fingerprint density at radius 2 is 2.05 bits per heavy atom. The number of hydrogen-bond acceptors (Lipinski definition) is 4. The van der Waals surface area contributed by atoms with Crippen molar-refractivity contribution in [3.63, 3.8) is 0 Å². The minimum absolute atomic E-state index is 0.0704. The van der Waals surface area contributed by atoms with Crippen molar-refractivity contribution < 1.29 is 4.79 Å². The largest absolute Gasteiger partial charge is 0.337 e. The lowest BCUT2D eigenvalue weighted by Crippen LogP contribution is -2.38. The number of amides is 1. The van der Waals surface area contributed by atoms with Gasteiger partial charge >= 0.3 is 0 Å². The first-order valence-corrected chi connectivity index (χ1v) is 8.94. The Kier molecular flexibility index (Phi) is 3.70. The van der Waals surface area contributed by atoms with Gasteiger partial charge in [0.15, 0.2) is 0 Å². The van der Waals surface area contributed by atoms with Gasteiger partial charge < -0.3 is 9.47 Å². The van der Waals surface area contributed by atoms with Crippen LogP contribution in [0.1, 0.15) is 47.9 Å². The Morgan fingerprint density at radius 3 is 2.73 bits per heavy atom. The molecule has 0 spiro atoms. The number of rotatable bonds is 4. The normalized spacial score (nSPS) is 19.5. The van der Waals surface area contributed by atoms with Crippen LogP contribution in [0.2, 0.25) is 0 Å². The first kappa shape index (κ1) is 13.9. The van der Waals surface area contributed by atoms with E-state index < -0.39 is 0 Å². The summed E-state index contributed by atoms with van der Waals surface area (Å²) in [5.74, 6) is 2.63. The molecule has 0 bridgehead atoms. The van der Waals surface area contributed by atoms with Crippen molar-refractivity contribution in [2.45, 2.75) is 38.1 Å². The number of carbonyl (C=O) groups excluding carboxylic acids is 1. The maximum atomic E-state index is 12.3. The van der Waals surface area contributed by atoms with Crippen molar-refractivity contribution in [1.29, 1.82) is 0 Å². The zero-order valence-electron chi connectivity index (χ0n) is 12.5. The van der Waals surface area contributed by atoms with Crippen LogP contribution in [0.5, 0.6) is 0 Å². The number of thiazole rings is 1. The molecule has 116 valence electrons. The van der Waals surface area contributed by atoms with Gasteiger partial charge in [-0.25, -0.2) is 9.97 Å². The Hall–Kier alpha value is -1.69. The van der Waals surface area contributed by atoms with Crippen molar-refractivity contribution in [2.75, 3.05) is 13.1 Å². The van der Waals surface area contributed by atoms with E-state index in [-0.39, 0.29) is 5.91 Å². The van der Waals surface area contributed by atoms with Gasteiger partial charge in [-0.2, -0.15) is 0 Å². The average molecular weight is 316 g/mol. The summed E-state index contributed by atoms with van der Waals surface area (Å²) in [5, 5.41) is 1.83. The zero-order chi connectivity index (χ0) is 14.9. The van der Waals surface area contributed by atoms with Crippen molar-refractivity contribution in [1.82, 2.24) is 19.4 Å². The lowest BCUT2D eigenvalue weighted by Gasteiger charge is -2.31. The first-order valence-electron chi connectivity index (χ1n) is 8.00. The smallest absolute Gasteiger partial charge is 0.273 e. The third-order valence-electron chi connectivity index (χ3n) is 4.70. The Bertz CT molecular complexity index is 639. The molecule has 0 aromatic carbocycles. The molecule has 0 unspecified atom stereocenters. The second-order valence-corrected chi connectivity index (χ2v) is 7.04. The highest BCUT2D eigenvalue weighted by atomic mass is 32.1. The lowest BCUT2D eigenvalue weighted by atomic mass is 9.95. The lowest BCUT2D eigenvalue weighted by molar-refractivity contribution is 0.0705. The summed E-state index contributed by atoms with van der Waals surface area (Å²) in [4.78, 5) is 23.0. The molecule has 2 aromatic heterocycles. The van der Waals surface area contributed by atoms with Crippen LogP contribution in [0.15, 0.2) is 23.3 Å². The van der Waals surface area contributed by atoms with Crippen LogP contribution in [-0.2, 0) is 6.54 Å². The van der Waals surface area contributed by atoms with Crippen molar-refractivity contribution in [2.24, 2.45) is 5.92 Å². The fraction of sp³-hybridized carbons (Fsp3) is 0.562. The number of imidazole rings is 1. The van der Waals surface area contributed by atoms with E-state index in [1.807, 2.05) is 16.5 Å². The predicted molar refractivity (Wildman–Crippen MR) is 84.9 cm³/mol. The van der Waals surface area contributed by atoms with Crippen molar-refractivity contribution in [3.8, 4) is 0 Å². The molecule has 1 aliphatic heterocycles. The van der Waals surface area contributed by atoms with Crippen LogP contribution in [0.25, 0.3) is 0 Å². The molecule has 6 heteroatoms. The van der Waals surface area contributed by atoms with E-state index in [9.17, 15) is 4.79 Å². The molecule has 3 heterocycles. The van der Waals surface area contributed by atoms with Gasteiger partial charge in [-0.15, -0.1) is 11.3 Å². The van der Waals surface area contributed by atoms with E-state index in [4.69, 9.17) is 0 Å². The fourth-order valence-corrected chi connectivity index (χ4v) is 3.76. The summed E-state index contributed by atoms with van der Waals surface area (Å²) in [7, 11) is 0. The Labute approximate surface area is 134 Å². The molecule has 0 N–H and O–H groups in total. The number of hydrogen-bond donors (Lipinski definition) is 0. The van der Waals surface area contributed by atoms with E-state index in [2.05, 4.69) is 20.7 Å². The summed E-state index contributed by atoms with van der Waals surface area (Å²) in [5.41, 5.74) is 2.30. The van der Waals surface area contributed by atoms with Crippen molar-refractivity contribution >= 4 is 17.2 Å². The van der Waals surface area contributed by atoms with Gasteiger partial charge in [0.2, 0.25) is 0 Å². The Morgan fingerprint density at radius 1 is 1.23 bits per heavy atom. The molecule has 1 amide bonds. The monoisotopic (exact) mass is 316 g/mol. The van der Waals surface area contributed by atoms with Gasteiger partial charge in [-0.1, -0.05) is 0 Å². The second-order valence-electron chi connectivity index (χ2n) is 6.32. The van der Waals surface area contributed by atoms with E-state index >= 15 is 0 Å². The minimum atomic E-state index is 0.0704. The highest BCUT2D eigenvalue weighted by Gasteiger charge is 2.29. The van der Waals surface area contributed by atoms with E-state index in [0.29, 0.717) is 11.6 Å². The molecular weight excluding hydrogens is 296 g/mol. The zero-order valence-corrected chi connectivity index (χ0v) is 13.3. The molecule has 1 saturated heterocycles. The summed E-state index contributed by atoms with van der Waals surface area (Å²) in [6, 6.07) is 0. The molecule has 5 nitrogen and oxygen atoms in total. The minimum Gasteiger partial charge on any atom is -0.337 e. The third kappa shape index (κ3) is 2.79. The summed E-state index contributed by atoms with van der Waals surface area (Å²) >= 11 is 1.47. The van der Waals surface area contributed by atoms with Crippen molar-refractivity contribution in [3.05, 3.63) is 34.8 Å². The summed E-state index contributed by atoms with van der Waals surface area (Å²) < 4.78 is 2.33. The van der Waals surface area contributed by atoms with E-state index in [0.717, 1.165) is 38.4 Å². The van der Waals surface area contributed by atoms with Gasteiger partial charge in [-0.3, -0.25) is 4.79 Å². The number of aromatic nitrogens is 3. The highest BCUT2D eigenvalue weighted by Crippen LogP contribution is 2.33. The van der Waals surface area contributed by atoms with Gasteiger partial charge in [0.1, 0.15) is 11.5 Å². The van der Waals surface area contributed by atoms with Crippen LogP contribution in [0.4, 0.5) is 0 Å².